The molecule has 0 atom stereocenters. The van der Waals surface area contributed by atoms with Gasteiger partial charge in [-0.15, -0.1) is 11.8 Å². The number of rotatable bonds is 9. The van der Waals surface area contributed by atoms with Crippen molar-refractivity contribution in [3.63, 3.8) is 0 Å². The van der Waals surface area contributed by atoms with E-state index in [1.54, 1.807) is 11.0 Å². The Morgan fingerprint density at radius 3 is 2.64 bits per heavy atom. The number of halogens is 1. The van der Waals surface area contributed by atoms with Crippen molar-refractivity contribution in [2.24, 2.45) is 0 Å². The van der Waals surface area contributed by atoms with Crippen LogP contribution in [0.2, 0.25) is 0 Å². The van der Waals surface area contributed by atoms with Gasteiger partial charge in [-0.1, -0.05) is 29.5 Å². The van der Waals surface area contributed by atoms with Gasteiger partial charge >= 0.3 is 0 Å². The van der Waals surface area contributed by atoms with Crippen molar-refractivity contribution in [3.05, 3.63) is 54.3 Å². The van der Waals surface area contributed by atoms with Gasteiger partial charge in [-0.05, 0) is 44.2 Å². The number of nitrogens with zero attached hydrogens (tertiary/aromatic N) is 2. The average molecular weight is 419 g/mol. The Labute approximate surface area is 173 Å². The minimum Gasteiger partial charge on any atom is -0.334 e. The summed E-state index contributed by atoms with van der Waals surface area (Å²) in [6, 6.07) is 14.5. The van der Waals surface area contributed by atoms with Crippen LogP contribution in [-0.4, -0.2) is 42.8 Å². The van der Waals surface area contributed by atoms with Crippen LogP contribution in [0.15, 0.2) is 53.4 Å². The van der Waals surface area contributed by atoms with E-state index in [-0.39, 0.29) is 11.7 Å². The summed E-state index contributed by atoms with van der Waals surface area (Å²) in [6.45, 7) is 7.80. The summed E-state index contributed by atoms with van der Waals surface area (Å²) in [6.07, 6.45) is 0. The zero-order chi connectivity index (χ0) is 19.9. The molecule has 2 aromatic carbocycles. The minimum absolute atomic E-state index is 0.0277. The number of benzene rings is 2. The number of hydrogen-bond donors (Lipinski definition) is 1. The monoisotopic (exact) mass is 418 g/mol. The summed E-state index contributed by atoms with van der Waals surface area (Å²) in [5.41, 5.74) is 0.727. The first kappa shape index (κ1) is 20.8. The van der Waals surface area contributed by atoms with Crippen LogP contribution in [0, 0.1) is 5.82 Å². The van der Waals surface area contributed by atoms with E-state index in [0.29, 0.717) is 17.4 Å². The Morgan fingerprint density at radius 1 is 1.18 bits per heavy atom. The van der Waals surface area contributed by atoms with Crippen LogP contribution in [-0.2, 0) is 4.79 Å². The minimum atomic E-state index is -0.284. The molecule has 0 radical (unpaired) electrons. The summed E-state index contributed by atoms with van der Waals surface area (Å²) in [5, 5.41) is 0.644. The van der Waals surface area contributed by atoms with E-state index in [1.165, 1.54) is 40.1 Å². The Kier molecular flexibility index (Phi) is 7.42. The number of likely N-dealkylation sites (N-methyl/N-ethyl adjacent to an activating group) is 1. The predicted octanol–water partition coefficient (Wildman–Crippen LogP) is 3.49. The topological polar surface area (TPSA) is 37.6 Å². The molecule has 3 aromatic rings. The molecule has 1 heterocycles. The molecule has 0 spiro atoms. The predicted molar refractivity (Wildman–Crippen MR) is 116 cm³/mol. The second-order valence-corrected chi connectivity index (χ2v) is 8.52. The number of thiazole rings is 1. The third-order valence-electron chi connectivity index (χ3n) is 4.67. The van der Waals surface area contributed by atoms with Crippen LogP contribution in [0.5, 0.6) is 0 Å². The zero-order valence-electron chi connectivity index (χ0n) is 16.2. The Hall–Kier alpha value is -1.96. The first-order valence-electron chi connectivity index (χ1n) is 9.48. The third-order valence-corrected chi connectivity index (χ3v) is 6.70. The van der Waals surface area contributed by atoms with Crippen LogP contribution in [0.4, 0.5) is 9.52 Å². The van der Waals surface area contributed by atoms with Gasteiger partial charge in [0, 0.05) is 4.90 Å². The maximum atomic E-state index is 13.6. The summed E-state index contributed by atoms with van der Waals surface area (Å²) in [7, 11) is 0. The van der Waals surface area contributed by atoms with Gasteiger partial charge in [-0.3, -0.25) is 9.69 Å². The smallest absolute Gasteiger partial charge is 0.239 e. The van der Waals surface area contributed by atoms with Gasteiger partial charge in [0.1, 0.15) is 5.82 Å². The molecule has 1 amide bonds. The summed E-state index contributed by atoms with van der Waals surface area (Å²) < 4.78 is 14.3. The highest BCUT2D eigenvalue weighted by Crippen LogP contribution is 2.30. The molecular formula is C21H25FN3OS2+. The molecule has 0 fully saturated rings. The van der Waals surface area contributed by atoms with Crippen LogP contribution < -0.4 is 9.80 Å². The first-order valence-corrected chi connectivity index (χ1v) is 11.3. The molecule has 0 aliphatic carbocycles. The van der Waals surface area contributed by atoms with Crippen molar-refractivity contribution >= 4 is 44.4 Å². The normalized spacial score (nSPS) is 11.3. The molecule has 0 bridgehead atoms. The molecule has 3 rings (SSSR count). The molecule has 148 valence electrons. The molecule has 1 aromatic heterocycles. The van der Waals surface area contributed by atoms with E-state index < -0.39 is 0 Å². The summed E-state index contributed by atoms with van der Waals surface area (Å²) >= 11 is 2.90. The Bertz CT molecular complexity index is 912. The number of nitrogens with one attached hydrogen (secondary N) is 1. The Morgan fingerprint density at radius 2 is 1.93 bits per heavy atom. The quantitative estimate of drug-likeness (QED) is 0.541. The second-order valence-electron chi connectivity index (χ2n) is 6.46. The maximum Gasteiger partial charge on any atom is 0.239 e. The third kappa shape index (κ3) is 5.31. The van der Waals surface area contributed by atoms with Gasteiger partial charge in [-0.25, -0.2) is 9.37 Å². The van der Waals surface area contributed by atoms with Crippen LogP contribution in [0.25, 0.3) is 10.2 Å². The fraction of sp³-hybridized carbons (Fsp3) is 0.333. The van der Waals surface area contributed by atoms with E-state index >= 15 is 0 Å². The molecule has 28 heavy (non-hydrogen) atoms. The zero-order valence-corrected chi connectivity index (χ0v) is 17.8. The lowest BCUT2D eigenvalue weighted by atomic mass is 10.3. The van der Waals surface area contributed by atoms with Crippen LogP contribution in [0.3, 0.4) is 0 Å². The highest BCUT2D eigenvalue weighted by Gasteiger charge is 2.21. The highest BCUT2D eigenvalue weighted by molar-refractivity contribution is 8.00. The lowest BCUT2D eigenvalue weighted by Crippen LogP contribution is -3.12. The largest absolute Gasteiger partial charge is 0.334 e. The van der Waals surface area contributed by atoms with Gasteiger partial charge < -0.3 is 4.90 Å². The van der Waals surface area contributed by atoms with Gasteiger partial charge in [0.25, 0.3) is 0 Å². The second kappa shape index (κ2) is 10.0. The first-order chi connectivity index (χ1) is 13.6. The number of carbonyl (C=O) groups is 1. The highest BCUT2D eigenvalue weighted by atomic mass is 32.2. The number of fused-ring (bicyclic) bond motifs is 1. The van der Waals surface area contributed by atoms with Gasteiger partial charge in [-0.2, -0.15) is 0 Å². The number of thioether (sulfide) groups is 1. The molecule has 0 unspecified atom stereocenters. The number of carbonyl (C=O) groups excluding carboxylic acids is 1. The fourth-order valence-corrected chi connectivity index (χ4v) is 4.77. The molecule has 0 aliphatic rings. The summed E-state index contributed by atoms with van der Waals surface area (Å²) in [4.78, 5) is 21.9. The van der Waals surface area contributed by atoms with E-state index in [2.05, 4.69) is 18.8 Å². The molecule has 4 nitrogen and oxygen atoms in total. The SMILES string of the molecule is CC[NH+](CC)CCN(C(=O)CSc1ccccc1)c1nc2ccc(F)cc2s1. The molecule has 0 saturated heterocycles. The van der Waals surface area contributed by atoms with E-state index in [0.717, 1.165) is 34.7 Å². The molecule has 0 aliphatic heterocycles. The van der Waals surface area contributed by atoms with Crippen molar-refractivity contribution in [2.45, 2.75) is 18.7 Å². The van der Waals surface area contributed by atoms with Gasteiger partial charge in [0.05, 0.1) is 42.1 Å². The van der Waals surface area contributed by atoms with E-state index in [4.69, 9.17) is 0 Å². The van der Waals surface area contributed by atoms with Gasteiger partial charge in [0.15, 0.2) is 5.13 Å². The average Bonchev–Trinajstić information content (AvgIpc) is 3.13. The number of hydrogen-bond acceptors (Lipinski definition) is 4. The molecule has 0 saturated carbocycles. The molecule has 1 N–H and O–H groups in total. The Balaban J connectivity index is 1.79. The lowest BCUT2D eigenvalue weighted by molar-refractivity contribution is -0.894. The van der Waals surface area contributed by atoms with Crippen molar-refractivity contribution in [2.75, 3.05) is 36.8 Å². The van der Waals surface area contributed by atoms with Crippen molar-refractivity contribution < 1.29 is 14.1 Å². The lowest BCUT2D eigenvalue weighted by Gasteiger charge is -2.23. The van der Waals surface area contributed by atoms with Crippen LogP contribution >= 0.6 is 23.1 Å². The standard InChI is InChI=1S/C21H24FN3OS2/c1-3-24(4-2)12-13-25(20(26)15-27-17-8-6-5-7-9-17)21-23-18-11-10-16(22)14-19(18)28-21/h5-11,14H,3-4,12-13,15H2,1-2H3/p+1. The number of amides is 1. The van der Waals surface area contributed by atoms with Crippen molar-refractivity contribution in [1.29, 1.82) is 0 Å². The van der Waals surface area contributed by atoms with Crippen LogP contribution in [0.1, 0.15) is 13.8 Å². The van der Waals surface area contributed by atoms with E-state index in [9.17, 15) is 9.18 Å². The van der Waals surface area contributed by atoms with Crippen molar-refractivity contribution in [3.8, 4) is 0 Å². The summed E-state index contributed by atoms with van der Waals surface area (Å²) in [5.74, 6) is 0.0924. The fourth-order valence-electron chi connectivity index (χ4n) is 2.94. The maximum absolute atomic E-state index is 13.6. The van der Waals surface area contributed by atoms with Gasteiger partial charge in [0.2, 0.25) is 5.91 Å². The number of aromatic nitrogens is 1. The molecule has 7 heteroatoms. The number of quaternary nitrogens is 1. The van der Waals surface area contributed by atoms with E-state index in [1.807, 2.05) is 30.3 Å². The number of anilines is 1. The van der Waals surface area contributed by atoms with Crippen molar-refractivity contribution in [1.82, 2.24) is 4.98 Å². The molecular weight excluding hydrogens is 393 g/mol.